The van der Waals surface area contributed by atoms with Crippen molar-refractivity contribution in [2.24, 2.45) is 0 Å². The van der Waals surface area contributed by atoms with Crippen LogP contribution >= 0.6 is 0 Å². The van der Waals surface area contributed by atoms with E-state index in [1.54, 1.807) is 0 Å². The van der Waals surface area contributed by atoms with E-state index in [2.05, 4.69) is 34.2 Å². The Hall–Kier alpha value is -1.91. The number of nitrogens with zero attached hydrogens (tertiary/aromatic N) is 4. The molecule has 0 unspecified atom stereocenters. The highest BCUT2D eigenvalue weighted by Crippen LogP contribution is 2.25. The van der Waals surface area contributed by atoms with Crippen LogP contribution in [-0.4, -0.2) is 26.3 Å². The number of nitrogens with one attached hydrogen (secondary N) is 1. The van der Waals surface area contributed by atoms with Crippen LogP contribution in [0.5, 0.6) is 0 Å². The second-order valence-electron chi connectivity index (χ2n) is 4.21. The second-order valence-corrected chi connectivity index (χ2v) is 4.21. The van der Waals surface area contributed by atoms with E-state index < -0.39 is 0 Å². The second kappa shape index (κ2) is 5.16. The van der Waals surface area contributed by atoms with Gasteiger partial charge in [-0.2, -0.15) is 5.10 Å². The smallest absolute Gasteiger partial charge is 0.133 e. The van der Waals surface area contributed by atoms with Gasteiger partial charge in [0.2, 0.25) is 0 Å². The third kappa shape index (κ3) is 2.34. The summed E-state index contributed by atoms with van der Waals surface area (Å²) in [4.78, 5) is 8.96. The molecular weight excluding hydrogens is 226 g/mol. The molecule has 0 aliphatic carbocycles. The van der Waals surface area contributed by atoms with E-state index in [9.17, 15) is 0 Å². The number of anilines is 1. The Morgan fingerprint density at radius 1 is 1.22 bits per heavy atom. The average molecular weight is 245 g/mol. The maximum absolute atomic E-state index is 4.53. The monoisotopic (exact) mass is 245 g/mol. The molecule has 0 aliphatic heterocycles. The zero-order valence-corrected chi connectivity index (χ0v) is 11.4. The average Bonchev–Trinajstić information content (AvgIpc) is 2.82. The van der Waals surface area contributed by atoms with Gasteiger partial charge in [-0.15, -0.1) is 0 Å². The number of hydrogen-bond acceptors (Lipinski definition) is 4. The molecule has 5 heteroatoms. The lowest BCUT2D eigenvalue weighted by Gasteiger charge is -2.10. The van der Waals surface area contributed by atoms with E-state index >= 15 is 0 Å². The molecule has 0 bridgehead atoms. The summed E-state index contributed by atoms with van der Waals surface area (Å²) in [7, 11) is 0. The molecule has 0 atom stereocenters. The number of rotatable bonds is 4. The molecule has 1 N–H and O–H groups in total. The van der Waals surface area contributed by atoms with E-state index in [-0.39, 0.29) is 0 Å². The summed E-state index contributed by atoms with van der Waals surface area (Å²) >= 11 is 0. The molecule has 2 aromatic heterocycles. The summed E-state index contributed by atoms with van der Waals surface area (Å²) in [5.41, 5.74) is 3.07. The first-order valence-corrected chi connectivity index (χ1v) is 6.27. The molecule has 96 valence electrons. The van der Waals surface area contributed by atoms with E-state index in [4.69, 9.17) is 0 Å². The van der Waals surface area contributed by atoms with Gasteiger partial charge in [0.05, 0.1) is 11.9 Å². The minimum Gasteiger partial charge on any atom is -0.370 e. The van der Waals surface area contributed by atoms with Gasteiger partial charge in [-0.1, -0.05) is 0 Å². The maximum atomic E-state index is 4.53. The van der Waals surface area contributed by atoms with Gasteiger partial charge in [0.1, 0.15) is 11.6 Å². The van der Waals surface area contributed by atoms with Gasteiger partial charge in [0.15, 0.2) is 0 Å². The van der Waals surface area contributed by atoms with Crippen molar-refractivity contribution in [3.8, 4) is 11.3 Å². The number of hydrogen-bond donors (Lipinski definition) is 1. The third-order valence-electron chi connectivity index (χ3n) is 2.83. The largest absolute Gasteiger partial charge is 0.370 e. The summed E-state index contributed by atoms with van der Waals surface area (Å²) < 4.78 is 1.90. The lowest BCUT2D eigenvalue weighted by atomic mass is 10.1. The van der Waals surface area contributed by atoms with Crippen molar-refractivity contribution < 1.29 is 0 Å². The van der Waals surface area contributed by atoms with Gasteiger partial charge >= 0.3 is 0 Å². The van der Waals surface area contributed by atoms with Crippen LogP contribution in [0.25, 0.3) is 11.3 Å². The van der Waals surface area contributed by atoms with Crippen LogP contribution in [0, 0.1) is 13.8 Å². The van der Waals surface area contributed by atoms with E-state index in [0.29, 0.717) is 0 Å². The van der Waals surface area contributed by atoms with E-state index in [0.717, 1.165) is 41.6 Å². The summed E-state index contributed by atoms with van der Waals surface area (Å²) in [6.07, 6.45) is 3.87. The van der Waals surface area contributed by atoms with Crippen molar-refractivity contribution >= 4 is 5.82 Å². The Balaban J connectivity index is 2.49. The van der Waals surface area contributed by atoms with Crippen molar-refractivity contribution in [2.75, 3.05) is 11.9 Å². The zero-order chi connectivity index (χ0) is 13.1. The molecule has 0 fully saturated rings. The first kappa shape index (κ1) is 12.5. The fourth-order valence-corrected chi connectivity index (χ4v) is 1.91. The van der Waals surface area contributed by atoms with Crippen molar-refractivity contribution in [3.05, 3.63) is 23.8 Å². The summed E-state index contributed by atoms with van der Waals surface area (Å²) in [5, 5.41) is 7.56. The van der Waals surface area contributed by atoms with Crippen LogP contribution in [0.4, 0.5) is 5.82 Å². The third-order valence-corrected chi connectivity index (χ3v) is 2.83. The van der Waals surface area contributed by atoms with Crippen LogP contribution < -0.4 is 5.32 Å². The van der Waals surface area contributed by atoms with E-state index in [1.165, 1.54) is 0 Å². The summed E-state index contributed by atoms with van der Waals surface area (Å²) in [5.74, 6) is 1.68. The molecule has 18 heavy (non-hydrogen) atoms. The van der Waals surface area contributed by atoms with E-state index in [1.807, 2.05) is 30.9 Å². The highest BCUT2D eigenvalue weighted by molar-refractivity contribution is 5.67. The topological polar surface area (TPSA) is 55.6 Å². The normalized spacial score (nSPS) is 10.7. The fraction of sp³-hybridized carbons (Fsp3) is 0.462. The van der Waals surface area contributed by atoms with Gasteiger partial charge in [0, 0.05) is 30.4 Å². The molecule has 0 amide bonds. The van der Waals surface area contributed by atoms with Crippen molar-refractivity contribution in [1.82, 2.24) is 19.7 Å². The quantitative estimate of drug-likeness (QED) is 0.898. The van der Waals surface area contributed by atoms with Gasteiger partial charge in [-0.05, 0) is 27.7 Å². The molecule has 2 aromatic rings. The molecule has 0 saturated carbocycles. The summed E-state index contributed by atoms with van der Waals surface area (Å²) in [6, 6.07) is 0. The predicted molar refractivity (Wildman–Crippen MR) is 72.6 cm³/mol. The van der Waals surface area contributed by atoms with Gasteiger partial charge in [0.25, 0.3) is 0 Å². The zero-order valence-electron chi connectivity index (χ0n) is 11.4. The van der Waals surface area contributed by atoms with Crippen molar-refractivity contribution in [3.63, 3.8) is 0 Å². The van der Waals surface area contributed by atoms with Gasteiger partial charge in [-0.3, -0.25) is 4.68 Å². The van der Waals surface area contributed by atoms with Crippen LogP contribution in [0.3, 0.4) is 0 Å². The van der Waals surface area contributed by atoms with Gasteiger partial charge in [-0.25, -0.2) is 9.97 Å². The number of aromatic nitrogens is 4. The molecule has 2 heterocycles. The van der Waals surface area contributed by atoms with Crippen LogP contribution in [0.2, 0.25) is 0 Å². The molecule has 0 aliphatic rings. The fourth-order valence-electron chi connectivity index (χ4n) is 1.91. The standard InChI is InChI=1S/C13H19N5/c1-5-14-13-9(3)12(16-10(4)17-13)11-7-15-18(6-2)8-11/h7-8H,5-6H2,1-4H3,(H,14,16,17). The molecular formula is C13H19N5. The maximum Gasteiger partial charge on any atom is 0.133 e. The number of aryl methyl sites for hydroxylation is 2. The Labute approximate surface area is 107 Å². The lowest BCUT2D eigenvalue weighted by molar-refractivity contribution is 0.660. The molecule has 0 radical (unpaired) electrons. The highest BCUT2D eigenvalue weighted by atomic mass is 15.3. The van der Waals surface area contributed by atoms with Crippen molar-refractivity contribution in [1.29, 1.82) is 0 Å². The first-order valence-electron chi connectivity index (χ1n) is 6.27. The first-order chi connectivity index (χ1) is 8.65. The van der Waals surface area contributed by atoms with Crippen LogP contribution in [0.15, 0.2) is 12.4 Å². The molecule has 5 nitrogen and oxygen atoms in total. The molecule has 0 saturated heterocycles. The Morgan fingerprint density at radius 2 is 2.00 bits per heavy atom. The highest BCUT2D eigenvalue weighted by Gasteiger charge is 2.12. The Bertz CT molecular complexity index is 544. The summed E-state index contributed by atoms with van der Waals surface area (Å²) in [6.45, 7) is 9.79. The Kier molecular flexibility index (Phi) is 3.60. The molecule has 2 rings (SSSR count). The predicted octanol–water partition coefficient (Wildman–Crippen LogP) is 2.41. The minimum absolute atomic E-state index is 0.774. The van der Waals surface area contributed by atoms with Crippen LogP contribution in [0.1, 0.15) is 25.2 Å². The van der Waals surface area contributed by atoms with Crippen LogP contribution in [-0.2, 0) is 6.54 Å². The van der Waals surface area contributed by atoms with Crippen molar-refractivity contribution in [2.45, 2.75) is 34.2 Å². The molecule has 0 aromatic carbocycles. The SMILES string of the molecule is CCNc1nc(C)nc(-c2cnn(CC)c2)c1C. The Morgan fingerprint density at radius 3 is 2.61 bits per heavy atom. The van der Waals surface area contributed by atoms with Gasteiger partial charge < -0.3 is 5.32 Å². The minimum atomic E-state index is 0.774. The molecule has 0 spiro atoms. The lowest BCUT2D eigenvalue weighted by Crippen LogP contribution is -2.05.